The van der Waals surface area contributed by atoms with Gasteiger partial charge in [0.15, 0.2) is 0 Å². The lowest BCUT2D eigenvalue weighted by molar-refractivity contribution is -0.0675. The van der Waals surface area contributed by atoms with Gasteiger partial charge in [-0.05, 0) is 60.8 Å². The zero-order chi connectivity index (χ0) is 12.5. The Morgan fingerprint density at radius 1 is 1.39 bits per heavy atom. The first kappa shape index (κ1) is 12.5. The highest BCUT2D eigenvalue weighted by Crippen LogP contribution is 2.44. The first-order chi connectivity index (χ1) is 8.78. The average molecular weight is 265 g/mol. The maximum atomic E-state index is 6.17. The highest BCUT2D eigenvalue weighted by Gasteiger charge is 2.35. The molecule has 0 spiro atoms. The quantitative estimate of drug-likeness (QED) is 0.747. The maximum Gasteiger partial charge on any atom is 0.0856 e. The second-order valence-electron chi connectivity index (χ2n) is 5.79. The average Bonchev–Trinajstić information content (AvgIpc) is 2.38. The summed E-state index contributed by atoms with van der Waals surface area (Å²) in [4.78, 5) is 0. The number of hydrogen-bond acceptors (Lipinski definition) is 1. The topological polar surface area (TPSA) is 9.23 Å². The van der Waals surface area contributed by atoms with Crippen LogP contribution in [0.15, 0.2) is 18.2 Å². The van der Waals surface area contributed by atoms with Crippen LogP contribution in [0, 0.1) is 11.8 Å². The predicted octanol–water partition coefficient (Wildman–Crippen LogP) is 4.78. The number of benzene rings is 1. The number of rotatable bonds is 2. The van der Waals surface area contributed by atoms with E-state index in [1.165, 1.54) is 43.2 Å². The van der Waals surface area contributed by atoms with Gasteiger partial charge in [0.2, 0.25) is 0 Å². The summed E-state index contributed by atoms with van der Waals surface area (Å²) >= 11 is 6.08. The van der Waals surface area contributed by atoms with Gasteiger partial charge in [0, 0.05) is 5.02 Å². The van der Waals surface area contributed by atoms with Crippen LogP contribution in [0.2, 0.25) is 5.02 Å². The third-order valence-electron chi connectivity index (χ3n) is 4.47. The molecule has 0 amide bonds. The summed E-state index contributed by atoms with van der Waals surface area (Å²) in [6.45, 7) is 3.21. The Balaban J connectivity index is 1.80. The van der Waals surface area contributed by atoms with Crippen molar-refractivity contribution in [1.82, 2.24) is 0 Å². The van der Waals surface area contributed by atoms with Gasteiger partial charge in [-0.2, -0.15) is 0 Å². The van der Waals surface area contributed by atoms with Crippen molar-refractivity contribution in [3.8, 4) is 0 Å². The highest BCUT2D eigenvalue weighted by atomic mass is 35.5. The summed E-state index contributed by atoms with van der Waals surface area (Å²) in [6, 6.07) is 6.30. The van der Waals surface area contributed by atoms with Crippen LogP contribution in [-0.2, 0) is 11.2 Å². The monoisotopic (exact) mass is 264 g/mol. The van der Waals surface area contributed by atoms with Crippen LogP contribution >= 0.6 is 11.6 Å². The minimum Gasteiger partial charge on any atom is -0.373 e. The van der Waals surface area contributed by atoms with Crippen molar-refractivity contribution in [2.45, 2.75) is 45.1 Å². The van der Waals surface area contributed by atoms with E-state index in [4.69, 9.17) is 16.3 Å². The Morgan fingerprint density at radius 3 is 3.11 bits per heavy atom. The molecule has 1 fully saturated rings. The molecule has 1 heterocycles. The van der Waals surface area contributed by atoms with Crippen LogP contribution in [0.3, 0.4) is 0 Å². The second kappa shape index (κ2) is 5.22. The SMILES string of the molecule is CCCC1COC2c3ccc(Cl)cc3CCC2C1. The normalized spacial score (nSPS) is 30.7. The Hall–Kier alpha value is -0.530. The minimum absolute atomic E-state index is 0.333. The number of ether oxygens (including phenoxy) is 1. The number of hydrogen-bond donors (Lipinski definition) is 0. The van der Waals surface area contributed by atoms with Crippen LogP contribution in [0.25, 0.3) is 0 Å². The van der Waals surface area contributed by atoms with Crippen LogP contribution in [0.4, 0.5) is 0 Å². The third kappa shape index (κ3) is 2.31. The van der Waals surface area contributed by atoms with Gasteiger partial charge < -0.3 is 4.74 Å². The molecule has 1 nitrogen and oxygen atoms in total. The van der Waals surface area contributed by atoms with Gasteiger partial charge >= 0.3 is 0 Å². The summed E-state index contributed by atoms with van der Waals surface area (Å²) in [6.07, 6.45) is 6.70. The van der Waals surface area contributed by atoms with Crippen molar-refractivity contribution in [1.29, 1.82) is 0 Å². The van der Waals surface area contributed by atoms with E-state index < -0.39 is 0 Å². The first-order valence-corrected chi connectivity index (χ1v) is 7.55. The Bertz CT molecular complexity index is 429. The number of fused-ring (bicyclic) bond motifs is 3. The van der Waals surface area contributed by atoms with Crippen molar-refractivity contribution in [2.75, 3.05) is 6.61 Å². The van der Waals surface area contributed by atoms with Gasteiger partial charge in [-0.15, -0.1) is 0 Å². The summed E-state index contributed by atoms with van der Waals surface area (Å²) in [5.74, 6) is 1.51. The molecule has 0 saturated carbocycles. The van der Waals surface area contributed by atoms with Crippen LogP contribution in [-0.4, -0.2) is 6.61 Å². The summed E-state index contributed by atoms with van der Waals surface area (Å²) in [5, 5.41) is 0.854. The Labute approximate surface area is 114 Å². The minimum atomic E-state index is 0.333. The molecule has 18 heavy (non-hydrogen) atoms. The highest BCUT2D eigenvalue weighted by molar-refractivity contribution is 6.30. The Kier molecular flexibility index (Phi) is 3.63. The molecular formula is C16H21ClO. The maximum absolute atomic E-state index is 6.17. The van der Waals surface area contributed by atoms with E-state index in [2.05, 4.69) is 19.1 Å². The van der Waals surface area contributed by atoms with Gasteiger partial charge in [0.1, 0.15) is 0 Å². The molecule has 98 valence electrons. The number of halogens is 1. The summed E-state index contributed by atoms with van der Waals surface area (Å²) in [5.41, 5.74) is 2.79. The fourth-order valence-electron chi connectivity index (χ4n) is 3.63. The molecule has 1 aliphatic carbocycles. The molecular weight excluding hydrogens is 244 g/mol. The largest absolute Gasteiger partial charge is 0.373 e. The molecule has 1 aromatic carbocycles. The van der Waals surface area contributed by atoms with Gasteiger partial charge in [0.05, 0.1) is 12.7 Å². The molecule has 0 N–H and O–H groups in total. The third-order valence-corrected chi connectivity index (χ3v) is 4.70. The van der Waals surface area contributed by atoms with Crippen molar-refractivity contribution in [2.24, 2.45) is 11.8 Å². The van der Waals surface area contributed by atoms with E-state index in [1.54, 1.807) is 0 Å². The van der Waals surface area contributed by atoms with Crippen LogP contribution in [0.1, 0.15) is 49.8 Å². The molecule has 3 atom stereocenters. The van der Waals surface area contributed by atoms with Crippen LogP contribution < -0.4 is 0 Å². The van der Waals surface area contributed by atoms with Gasteiger partial charge in [0.25, 0.3) is 0 Å². The molecule has 0 aromatic heterocycles. The van der Waals surface area contributed by atoms with Crippen molar-refractivity contribution in [3.05, 3.63) is 34.3 Å². The van der Waals surface area contributed by atoms with E-state index in [0.29, 0.717) is 6.10 Å². The lowest BCUT2D eigenvalue weighted by Crippen LogP contribution is -2.32. The van der Waals surface area contributed by atoms with Crippen molar-refractivity contribution in [3.63, 3.8) is 0 Å². The van der Waals surface area contributed by atoms with Gasteiger partial charge in [-0.25, -0.2) is 0 Å². The smallest absolute Gasteiger partial charge is 0.0856 e. The number of aryl methyl sites for hydroxylation is 1. The second-order valence-corrected chi connectivity index (χ2v) is 6.22. The first-order valence-electron chi connectivity index (χ1n) is 7.18. The van der Waals surface area contributed by atoms with E-state index in [-0.39, 0.29) is 0 Å². The molecule has 3 rings (SSSR count). The van der Waals surface area contributed by atoms with E-state index in [1.807, 2.05) is 6.07 Å². The summed E-state index contributed by atoms with van der Waals surface area (Å²) < 4.78 is 6.17. The van der Waals surface area contributed by atoms with E-state index in [9.17, 15) is 0 Å². The predicted molar refractivity (Wildman–Crippen MR) is 75.0 cm³/mol. The van der Waals surface area contributed by atoms with E-state index in [0.717, 1.165) is 23.5 Å². The molecule has 0 bridgehead atoms. The van der Waals surface area contributed by atoms with Crippen LogP contribution in [0.5, 0.6) is 0 Å². The Morgan fingerprint density at radius 2 is 2.28 bits per heavy atom. The zero-order valence-electron chi connectivity index (χ0n) is 11.0. The molecule has 2 heteroatoms. The van der Waals surface area contributed by atoms with Crippen molar-refractivity contribution >= 4 is 11.6 Å². The molecule has 2 aliphatic rings. The van der Waals surface area contributed by atoms with Crippen molar-refractivity contribution < 1.29 is 4.74 Å². The molecule has 1 aromatic rings. The standard InChI is InChI=1S/C16H21ClO/c1-2-3-11-8-13-5-4-12-9-14(17)6-7-15(12)16(13)18-10-11/h6-7,9,11,13,16H,2-5,8,10H2,1H3. The lowest BCUT2D eigenvalue weighted by atomic mass is 9.75. The fraction of sp³-hybridized carbons (Fsp3) is 0.625. The molecule has 3 unspecified atom stereocenters. The fourth-order valence-corrected chi connectivity index (χ4v) is 3.82. The lowest BCUT2D eigenvalue weighted by Gasteiger charge is -2.40. The molecule has 0 radical (unpaired) electrons. The van der Waals surface area contributed by atoms with Gasteiger partial charge in [-0.3, -0.25) is 0 Å². The molecule has 1 saturated heterocycles. The zero-order valence-corrected chi connectivity index (χ0v) is 11.7. The summed E-state index contributed by atoms with van der Waals surface area (Å²) in [7, 11) is 0. The van der Waals surface area contributed by atoms with E-state index >= 15 is 0 Å². The van der Waals surface area contributed by atoms with Gasteiger partial charge in [-0.1, -0.05) is 31.0 Å². The molecule has 1 aliphatic heterocycles.